The van der Waals surface area contributed by atoms with Crippen molar-refractivity contribution in [3.05, 3.63) is 36.0 Å². The van der Waals surface area contributed by atoms with Gasteiger partial charge in [-0.05, 0) is 25.0 Å². The summed E-state index contributed by atoms with van der Waals surface area (Å²) in [5.41, 5.74) is 7.88. The molecule has 0 saturated carbocycles. The van der Waals surface area contributed by atoms with E-state index in [4.69, 9.17) is 5.73 Å². The molecule has 1 aromatic heterocycles. The largest absolute Gasteiger partial charge is 0.361 e. The Labute approximate surface area is 111 Å². The number of fused-ring (bicyclic) bond motifs is 1. The van der Waals surface area contributed by atoms with Crippen molar-refractivity contribution >= 4 is 23.1 Å². The van der Waals surface area contributed by atoms with E-state index in [0.29, 0.717) is 12.7 Å². The standard InChI is InChI=1S/C14H17N3O2/c1-9(8-18)17-14(19)12(15)6-10-7-16-13-5-3-2-4-11(10)13/h2-5,7-9,12,16H,6,15H2,1H3,(H,17,19). The van der Waals surface area contributed by atoms with E-state index in [-0.39, 0.29) is 5.91 Å². The van der Waals surface area contributed by atoms with Gasteiger partial charge < -0.3 is 20.8 Å². The smallest absolute Gasteiger partial charge is 0.237 e. The first kappa shape index (κ1) is 13.3. The number of H-pyrrole nitrogens is 1. The molecule has 0 saturated heterocycles. The Hall–Kier alpha value is -2.14. The topological polar surface area (TPSA) is 88.0 Å². The molecule has 0 bridgehead atoms. The van der Waals surface area contributed by atoms with Gasteiger partial charge in [0.25, 0.3) is 0 Å². The number of benzene rings is 1. The van der Waals surface area contributed by atoms with Crippen molar-refractivity contribution < 1.29 is 9.59 Å². The van der Waals surface area contributed by atoms with E-state index >= 15 is 0 Å². The van der Waals surface area contributed by atoms with Gasteiger partial charge >= 0.3 is 0 Å². The number of aromatic nitrogens is 1. The second-order valence-electron chi connectivity index (χ2n) is 4.60. The Bertz CT molecular complexity index is 591. The van der Waals surface area contributed by atoms with Crippen LogP contribution in [-0.2, 0) is 16.0 Å². The maximum Gasteiger partial charge on any atom is 0.237 e. The van der Waals surface area contributed by atoms with Gasteiger partial charge in [-0.25, -0.2) is 0 Å². The fraction of sp³-hybridized carbons (Fsp3) is 0.286. The fourth-order valence-electron chi connectivity index (χ4n) is 2.00. The molecule has 1 amide bonds. The van der Waals surface area contributed by atoms with Crippen molar-refractivity contribution in [1.82, 2.24) is 10.3 Å². The van der Waals surface area contributed by atoms with Gasteiger partial charge in [0.1, 0.15) is 6.29 Å². The summed E-state index contributed by atoms with van der Waals surface area (Å²) in [5, 5.41) is 3.61. The number of para-hydroxylation sites is 1. The number of hydrogen-bond donors (Lipinski definition) is 3. The summed E-state index contributed by atoms with van der Waals surface area (Å²) < 4.78 is 0. The van der Waals surface area contributed by atoms with Crippen molar-refractivity contribution in [2.75, 3.05) is 0 Å². The highest BCUT2D eigenvalue weighted by Gasteiger charge is 2.17. The number of nitrogens with two attached hydrogens (primary N) is 1. The maximum atomic E-state index is 11.8. The zero-order chi connectivity index (χ0) is 13.8. The van der Waals surface area contributed by atoms with Crippen LogP contribution < -0.4 is 11.1 Å². The zero-order valence-corrected chi connectivity index (χ0v) is 10.7. The molecular weight excluding hydrogens is 242 g/mol. The molecule has 5 nitrogen and oxygen atoms in total. The number of aldehydes is 1. The summed E-state index contributed by atoms with van der Waals surface area (Å²) in [6, 6.07) is 6.67. The Kier molecular flexibility index (Phi) is 3.97. The van der Waals surface area contributed by atoms with Crippen LogP contribution in [0.15, 0.2) is 30.5 Å². The molecule has 0 aliphatic rings. The predicted molar refractivity (Wildman–Crippen MR) is 73.6 cm³/mol. The van der Waals surface area contributed by atoms with Gasteiger partial charge in [0.05, 0.1) is 12.1 Å². The van der Waals surface area contributed by atoms with Crippen LogP contribution >= 0.6 is 0 Å². The average Bonchev–Trinajstić information content (AvgIpc) is 2.82. The molecule has 4 N–H and O–H groups in total. The van der Waals surface area contributed by atoms with E-state index in [1.54, 1.807) is 6.92 Å². The van der Waals surface area contributed by atoms with Crippen molar-refractivity contribution in [2.45, 2.75) is 25.4 Å². The van der Waals surface area contributed by atoms with E-state index in [9.17, 15) is 9.59 Å². The molecule has 5 heteroatoms. The summed E-state index contributed by atoms with van der Waals surface area (Å²) in [4.78, 5) is 25.4. The van der Waals surface area contributed by atoms with Gasteiger partial charge in [-0.2, -0.15) is 0 Å². The van der Waals surface area contributed by atoms with Crippen LogP contribution in [0, 0.1) is 0 Å². The van der Waals surface area contributed by atoms with Crippen LogP contribution in [0.2, 0.25) is 0 Å². The highest BCUT2D eigenvalue weighted by Crippen LogP contribution is 2.18. The van der Waals surface area contributed by atoms with Gasteiger partial charge in [-0.15, -0.1) is 0 Å². The highest BCUT2D eigenvalue weighted by molar-refractivity contribution is 5.87. The molecule has 100 valence electrons. The van der Waals surface area contributed by atoms with Crippen LogP contribution in [-0.4, -0.2) is 29.3 Å². The third kappa shape index (κ3) is 3.00. The lowest BCUT2D eigenvalue weighted by Gasteiger charge is -2.13. The minimum absolute atomic E-state index is 0.315. The highest BCUT2D eigenvalue weighted by atomic mass is 16.2. The quantitative estimate of drug-likeness (QED) is 0.692. The molecule has 0 aliphatic carbocycles. The molecule has 2 atom stereocenters. The lowest BCUT2D eigenvalue weighted by molar-refractivity contribution is -0.124. The number of carbonyl (C=O) groups excluding carboxylic acids is 2. The number of hydrogen-bond acceptors (Lipinski definition) is 3. The van der Waals surface area contributed by atoms with Gasteiger partial charge in [0.2, 0.25) is 5.91 Å². The lowest BCUT2D eigenvalue weighted by atomic mass is 10.0. The Morgan fingerprint density at radius 3 is 2.95 bits per heavy atom. The Balaban J connectivity index is 2.08. The van der Waals surface area contributed by atoms with E-state index in [2.05, 4.69) is 10.3 Å². The van der Waals surface area contributed by atoms with E-state index in [1.807, 2.05) is 30.5 Å². The van der Waals surface area contributed by atoms with Gasteiger partial charge in [-0.1, -0.05) is 18.2 Å². The number of aromatic amines is 1. The number of rotatable bonds is 5. The average molecular weight is 259 g/mol. The third-order valence-electron chi connectivity index (χ3n) is 3.03. The number of carbonyl (C=O) groups is 2. The Morgan fingerprint density at radius 2 is 2.21 bits per heavy atom. The van der Waals surface area contributed by atoms with Crippen LogP contribution in [0.5, 0.6) is 0 Å². The summed E-state index contributed by atoms with van der Waals surface area (Å²) >= 11 is 0. The van der Waals surface area contributed by atoms with Gasteiger partial charge in [0, 0.05) is 17.1 Å². The zero-order valence-electron chi connectivity index (χ0n) is 10.7. The summed E-state index contributed by atoms with van der Waals surface area (Å²) in [6.45, 7) is 1.61. The van der Waals surface area contributed by atoms with Crippen LogP contribution in [0.3, 0.4) is 0 Å². The molecule has 1 aromatic carbocycles. The summed E-state index contributed by atoms with van der Waals surface area (Å²) in [6.07, 6.45) is 2.97. The normalized spacial score (nSPS) is 14.0. The second-order valence-corrected chi connectivity index (χ2v) is 4.60. The van der Waals surface area contributed by atoms with Crippen molar-refractivity contribution in [1.29, 1.82) is 0 Å². The fourth-order valence-corrected chi connectivity index (χ4v) is 2.00. The minimum atomic E-state index is -0.665. The molecular formula is C14H17N3O2. The second kappa shape index (κ2) is 5.67. The first-order valence-corrected chi connectivity index (χ1v) is 6.18. The number of nitrogens with one attached hydrogen (secondary N) is 2. The molecule has 19 heavy (non-hydrogen) atoms. The predicted octanol–water partition coefficient (Wildman–Crippen LogP) is 0.741. The van der Waals surface area contributed by atoms with Crippen LogP contribution in [0.4, 0.5) is 0 Å². The molecule has 0 fully saturated rings. The molecule has 2 aromatic rings. The first-order chi connectivity index (χ1) is 9.11. The van der Waals surface area contributed by atoms with Crippen molar-refractivity contribution in [3.63, 3.8) is 0 Å². The lowest BCUT2D eigenvalue weighted by Crippen LogP contribution is -2.45. The van der Waals surface area contributed by atoms with E-state index < -0.39 is 12.1 Å². The minimum Gasteiger partial charge on any atom is -0.361 e. The van der Waals surface area contributed by atoms with Crippen LogP contribution in [0.25, 0.3) is 10.9 Å². The third-order valence-corrected chi connectivity index (χ3v) is 3.03. The first-order valence-electron chi connectivity index (χ1n) is 6.18. The monoisotopic (exact) mass is 259 g/mol. The van der Waals surface area contributed by atoms with Gasteiger partial charge in [-0.3, -0.25) is 4.79 Å². The molecule has 1 heterocycles. The molecule has 2 unspecified atom stereocenters. The molecule has 2 rings (SSSR count). The molecule has 0 spiro atoms. The molecule has 0 radical (unpaired) electrons. The van der Waals surface area contributed by atoms with E-state index in [1.165, 1.54) is 0 Å². The summed E-state index contributed by atoms with van der Waals surface area (Å²) in [7, 11) is 0. The SMILES string of the molecule is CC(C=O)NC(=O)C(N)Cc1c[nH]c2ccccc12. The van der Waals surface area contributed by atoms with E-state index in [0.717, 1.165) is 16.5 Å². The Morgan fingerprint density at radius 1 is 1.47 bits per heavy atom. The maximum absolute atomic E-state index is 11.8. The van der Waals surface area contributed by atoms with Crippen molar-refractivity contribution in [3.8, 4) is 0 Å². The van der Waals surface area contributed by atoms with Gasteiger partial charge in [0.15, 0.2) is 0 Å². The molecule has 0 aliphatic heterocycles. The summed E-state index contributed by atoms with van der Waals surface area (Å²) in [5.74, 6) is -0.315. The van der Waals surface area contributed by atoms with Crippen molar-refractivity contribution in [2.24, 2.45) is 5.73 Å². The number of amides is 1. The van der Waals surface area contributed by atoms with Crippen LogP contribution in [0.1, 0.15) is 12.5 Å².